The summed E-state index contributed by atoms with van der Waals surface area (Å²) in [5.74, 6) is 0.152. The van der Waals surface area contributed by atoms with Crippen molar-refractivity contribution in [2.75, 3.05) is 24.2 Å². The number of carbonyl (C=O) groups excluding carboxylic acids is 1. The second kappa shape index (κ2) is 8.21. The Hall–Kier alpha value is -3.30. The molecular weight excluding hydrogens is 404 g/mol. The molecule has 30 heavy (non-hydrogen) atoms. The van der Waals surface area contributed by atoms with E-state index in [-0.39, 0.29) is 17.5 Å². The molecule has 9 nitrogen and oxygen atoms in total. The third kappa shape index (κ3) is 4.17. The highest BCUT2D eigenvalue weighted by Crippen LogP contribution is 2.31. The molecule has 1 aliphatic heterocycles. The molecular formula is C20H21ClN8O. The highest BCUT2D eigenvalue weighted by atomic mass is 35.5. The minimum Gasteiger partial charge on any atom is -0.364 e. The zero-order chi connectivity index (χ0) is 21.3. The van der Waals surface area contributed by atoms with Gasteiger partial charge in [-0.3, -0.25) is 4.79 Å². The van der Waals surface area contributed by atoms with Crippen molar-refractivity contribution in [3.05, 3.63) is 57.9 Å². The first-order chi connectivity index (χ1) is 14.4. The fourth-order valence-electron chi connectivity index (χ4n) is 3.30. The monoisotopic (exact) mass is 424 g/mol. The number of carbonyl (C=O) groups is 1. The van der Waals surface area contributed by atoms with E-state index in [1.54, 1.807) is 6.20 Å². The summed E-state index contributed by atoms with van der Waals surface area (Å²) in [5.41, 5.74) is 9.34. The van der Waals surface area contributed by atoms with Gasteiger partial charge in [-0.15, -0.1) is 10.2 Å². The van der Waals surface area contributed by atoms with Gasteiger partial charge in [0, 0.05) is 19.3 Å². The van der Waals surface area contributed by atoms with E-state index in [9.17, 15) is 4.79 Å². The fourth-order valence-corrected chi connectivity index (χ4v) is 3.53. The van der Waals surface area contributed by atoms with E-state index in [4.69, 9.17) is 17.3 Å². The Labute approximate surface area is 178 Å². The minimum absolute atomic E-state index is 0.0785. The molecule has 1 amide bonds. The molecule has 0 saturated carbocycles. The van der Waals surface area contributed by atoms with Crippen molar-refractivity contribution >= 4 is 40.8 Å². The largest absolute Gasteiger partial charge is 0.364 e. The number of fused-ring (bicyclic) bond motifs is 1. The molecule has 3 heterocycles. The van der Waals surface area contributed by atoms with E-state index in [0.29, 0.717) is 16.5 Å². The highest BCUT2D eigenvalue weighted by molar-refractivity contribution is 6.33. The lowest BCUT2D eigenvalue weighted by atomic mass is 9.99. The van der Waals surface area contributed by atoms with Crippen molar-refractivity contribution in [1.82, 2.24) is 25.1 Å². The van der Waals surface area contributed by atoms with Crippen LogP contribution in [-0.4, -0.2) is 44.6 Å². The quantitative estimate of drug-likeness (QED) is 0.571. The molecule has 4 rings (SSSR count). The number of aromatic nitrogens is 4. The molecule has 154 valence electrons. The molecule has 0 unspecified atom stereocenters. The molecule has 1 aliphatic rings. The number of nitrogens with one attached hydrogen (secondary N) is 2. The number of primary amides is 1. The van der Waals surface area contributed by atoms with Gasteiger partial charge in [-0.2, -0.15) is 4.98 Å². The first-order valence-corrected chi connectivity index (χ1v) is 9.78. The number of halogens is 1. The van der Waals surface area contributed by atoms with Crippen LogP contribution < -0.4 is 16.4 Å². The molecule has 0 radical (unpaired) electrons. The van der Waals surface area contributed by atoms with E-state index in [2.05, 4.69) is 42.7 Å². The number of aryl methyl sites for hydroxylation is 1. The van der Waals surface area contributed by atoms with Crippen molar-refractivity contribution in [3.63, 3.8) is 0 Å². The molecule has 0 saturated heterocycles. The van der Waals surface area contributed by atoms with Crippen LogP contribution in [-0.2, 0) is 13.0 Å². The number of benzene rings is 1. The predicted octanol–water partition coefficient (Wildman–Crippen LogP) is 2.80. The summed E-state index contributed by atoms with van der Waals surface area (Å²) in [6, 6.07) is 7.66. The minimum atomic E-state index is -0.742. The van der Waals surface area contributed by atoms with Gasteiger partial charge in [0.15, 0.2) is 11.5 Å². The van der Waals surface area contributed by atoms with Crippen LogP contribution >= 0.6 is 11.6 Å². The Kier molecular flexibility index (Phi) is 5.47. The Bertz CT molecular complexity index is 1120. The third-order valence-corrected chi connectivity index (χ3v) is 5.22. The zero-order valence-corrected chi connectivity index (χ0v) is 17.4. The van der Waals surface area contributed by atoms with Crippen LogP contribution in [0.2, 0.25) is 5.02 Å². The Morgan fingerprint density at radius 2 is 2.03 bits per heavy atom. The van der Waals surface area contributed by atoms with Crippen molar-refractivity contribution < 1.29 is 4.79 Å². The van der Waals surface area contributed by atoms with Gasteiger partial charge in [0.05, 0.1) is 10.7 Å². The van der Waals surface area contributed by atoms with Crippen LogP contribution in [0.3, 0.4) is 0 Å². The van der Waals surface area contributed by atoms with Crippen LogP contribution in [0.15, 0.2) is 30.5 Å². The maximum Gasteiger partial charge on any atom is 0.273 e. The molecule has 2 aromatic heterocycles. The van der Waals surface area contributed by atoms with Gasteiger partial charge in [0.2, 0.25) is 5.95 Å². The maximum absolute atomic E-state index is 11.8. The Balaban J connectivity index is 1.65. The smallest absolute Gasteiger partial charge is 0.273 e. The van der Waals surface area contributed by atoms with Gasteiger partial charge >= 0.3 is 0 Å². The normalized spacial score (nSPS) is 13.6. The van der Waals surface area contributed by atoms with E-state index in [1.165, 1.54) is 11.1 Å². The number of anilines is 4. The SMILES string of the molecule is Cc1cccnc1Nc1nc(Nc2cc3c(cc2Cl)CN(C)CC3)nnc1C(N)=O. The number of amides is 1. The van der Waals surface area contributed by atoms with E-state index < -0.39 is 5.91 Å². The summed E-state index contributed by atoms with van der Waals surface area (Å²) in [6.07, 6.45) is 2.57. The van der Waals surface area contributed by atoms with Crippen LogP contribution in [0.4, 0.5) is 23.3 Å². The first kappa shape index (κ1) is 20.0. The lowest BCUT2D eigenvalue weighted by Gasteiger charge is -2.26. The number of nitrogens with two attached hydrogens (primary N) is 1. The topological polar surface area (TPSA) is 122 Å². The number of hydrogen-bond donors (Lipinski definition) is 3. The summed E-state index contributed by atoms with van der Waals surface area (Å²) in [6.45, 7) is 3.73. The van der Waals surface area contributed by atoms with Gasteiger partial charge in [0.1, 0.15) is 5.82 Å². The Morgan fingerprint density at radius 3 is 2.80 bits per heavy atom. The second-order valence-electron chi connectivity index (χ2n) is 7.20. The molecule has 10 heteroatoms. The van der Waals surface area contributed by atoms with Crippen LogP contribution in [0, 0.1) is 6.92 Å². The second-order valence-corrected chi connectivity index (χ2v) is 7.61. The molecule has 1 aromatic carbocycles. The van der Waals surface area contributed by atoms with Crippen molar-refractivity contribution in [1.29, 1.82) is 0 Å². The highest BCUT2D eigenvalue weighted by Gasteiger charge is 2.19. The van der Waals surface area contributed by atoms with E-state index in [1.807, 2.05) is 31.2 Å². The molecule has 0 fully saturated rings. The average Bonchev–Trinajstić information content (AvgIpc) is 2.70. The third-order valence-electron chi connectivity index (χ3n) is 4.91. The summed E-state index contributed by atoms with van der Waals surface area (Å²) in [4.78, 5) is 22.7. The molecule has 0 bridgehead atoms. The molecule has 4 N–H and O–H groups in total. The van der Waals surface area contributed by atoms with Crippen LogP contribution in [0.1, 0.15) is 27.2 Å². The summed E-state index contributed by atoms with van der Waals surface area (Å²) in [7, 11) is 2.08. The number of nitrogens with zero attached hydrogens (tertiary/aromatic N) is 5. The number of hydrogen-bond acceptors (Lipinski definition) is 8. The summed E-state index contributed by atoms with van der Waals surface area (Å²) >= 11 is 6.47. The molecule has 0 spiro atoms. The fraction of sp³-hybridized carbons (Fsp3) is 0.250. The van der Waals surface area contributed by atoms with Crippen molar-refractivity contribution in [3.8, 4) is 0 Å². The van der Waals surface area contributed by atoms with Gasteiger partial charge in [-0.05, 0) is 55.3 Å². The van der Waals surface area contributed by atoms with Gasteiger partial charge in [-0.1, -0.05) is 17.7 Å². The lowest BCUT2D eigenvalue weighted by Crippen LogP contribution is -2.26. The van der Waals surface area contributed by atoms with Gasteiger partial charge < -0.3 is 21.3 Å². The van der Waals surface area contributed by atoms with Crippen LogP contribution in [0.5, 0.6) is 0 Å². The maximum atomic E-state index is 11.8. The summed E-state index contributed by atoms with van der Waals surface area (Å²) < 4.78 is 0. The average molecular weight is 425 g/mol. The van der Waals surface area contributed by atoms with E-state index in [0.717, 1.165) is 25.1 Å². The van der Waals surface area contributed by atoms with Gasteiger partial charge in [-0.25, -0.2) is 4.98 Å². The summed E-state index contributed by atoms with van der Waals surface area (Å²) in [5, 5.41) is 14.6. The molecule has 0 atom stereocenters. The number of pyridine rings is 1. The first-order valence-electron chi connectivity index (χ1n) is 9.40. The lowest BCUT2D eigenvalue weighted by molar-refractivity contribution is 0.0995. The number of rotatable bonds is 5. The zero-order valence-electron chi connectivity index (χ0n) is 16.6. The van der Waals surface area contributed by atoms with Crippen molar-refractivity contribution in [2.24, 2.45) is 5.73 Å². The molecule has 0 aliphatic carbocycles. The van der Waals surface area contributed by atoms with Crippen LogP contribution in [0.25, 0.3) is 0 Å². The number of likely N-dealkylation sites (N-methyl/N-ethyl adjacent to an activating group) is 1. The molecule has 3 aromatic rings. The Morgan fingerprint density at radius 1 is 1.20 bits per heavy atom. The van der Waals surface area contributed by atoms with Crippen molar-refractivity contribution in [2.45, 2.75) is 19.9 Å². The predicted molar refractivity (Wildman–Crippen MR) is 115 cm³/mol. The standard InChI is InChI=1S/C20H21ClN8O/c1-11-4-3-6-23-18(11)25-19-16(17(22)30)27-28-20(26-19)24-15-9-12-5-7-29(2)10-13(12)8-14(15)21/h3-4,6,8-9H,5,7,10H2,1-2H3,(H2,22,30)(H2,23,24,25,26,28). The van der Waals surface area contributed by atoms with Gasteiger partial charge in [0.25, 0.3) is 5.91 Å². The van der Waals surface area contributed by atoms with E-state index >= 15 is 0 Å².